The zero-order chi connectivity index (χ0) is 14.2. The van der Waals surface area contributed by atoms with Gasteiger partial charge in [-0.1, -0.05) is 41.9 Å². The summed E-state index contributed by atoms with van der Waals surface area (Å²) in [5.41, 5.74) is 4.98. The highest BCUT2D eigenvalue weighted by Crippen LogP contribution is 2.31. The quantitative estimate of drug-likeness (QED) is 0.707. The van der Waals surface area contributed by atoms with Gasteiger partial charge in [0.25, 0.3) is 0 Å². The molecule has 4 rings (SSSR count). The standard InChI is InChI=1S/C18H15ClN2/c19-15-7-3-6-13(11-15)18-17-9-4-10-21(17)16-8-2-1-5-14(16)12-20-18/h1-11,18,20H,12H2. The van der Waals surface area contributed by atoms with Crippen LogP contribution in [0.4, 0.5) is 0 Å². The molecule has 104 valence electrons. The number of fused-ring (bicyclic) bond motifs is 3. The first-order chi connectivity index (χ1) is 10.3. The monoisotopic (exact) mass is 294 g/mol. The van der Waals surface area contributed by atoms with E-state index in [0.717, 1.165) is 11.6 Å². The first-order valence-electron chi connectivity index (χ1n) is 7.07. The van der Waals surface area contributed by atoms with Gasteiger partial charge in [-0.3, -0.25) is 0 Å². The molecule has 2 heterocycles. The molecule has 3 heteroatoms. The molecule has 3 aromatic rings. The normalized spacial score (nSPS) is 16.9. The molecule has 21 heavy (non-hydrogen) atoms. The van der Waals surface area contributed by atoms with Crippen molar-refractivity contribution in [3.05, 3.63) is 88.7 Å². The number of rotatable bonds is 1. The summed E-state index contributed by atoms with van der Waals surface area (Å²) in [7, 11) is 0. The third kappa shape index (κ3) is 2.17. The van der Waals surface area contributed by atoms with Crippen LogP contribution in [0.1, 0.15) is 22.9 Å². The third-order valence-corrected chi connectivity index (χ3v) is 4.24. The van der Waals surface area contributed by atoms with E-state index in [-0.39, 0.29) is 6.04 Å². The Morgan fingerprint density at radius 1 is 1.00 bits per heavy atom. The Morgan fingerprint density at radius 2 is 1.90 bits per heavy atom. The van der Waals surface area contributed by atoms with Crippen LogP contribution < -0.4 is 5.32 Å². The van der Waals surface area contributed by atoms with Gasteiger partial charge >= 0.3 is 0 Å². The van der Waals surface area contributed by atoms with E-state index in [1.54, 1.807) is 0 Å². The van der Waals surface area contributed by atoms with Crippen molar-refractivity contribution in [1.82, 2.24) is 9.88 Å². The van der Waals surface area contributed by atoms with Crippen molar-refractivity contribution < 1.29 is 0 Å². The number of nitrogens with zero attached hydrogens (tertiary/aromatic N) is 1. The van der Waals surface area contributed by atoms with E-state index >= 15 is 0 Å². The lowest BCUT2D eigenvalue weighted by Crippen LogP contribution is -2.21. The summed E-state index contributed by atoms with van der Waals surface area (Å²) in [6.07, 6.45) is 2.12. The maximum Gasteiger partial charge on any atom is 0.0738 e. The predicted molar refractivity (Wildman–Crippen MR) is 85.9 cm³/mol. The molecular formula is C18H15ClN2. The molecule has 0 spiro atoms. The van der Waals surface area contributed by atoms with Gasteiger partial charge in [-0.15, -0.1) is 0 Å². The molecule has 1 aliphatic heterocycles. The van der Waals surface area contributed by atoms with Gasteiger partial charge in [-0.2, -0.15) is 0 Å². The molecule has 0 saturated heterocycles. The number of benzene rings is 2. The average Bonchev–Trinajstić information content (AvgIpc) is 2.92. The van der Waals surface area contributed by atoms with Crippen LogP contribution in [0.3, 0.4) is 0 Å². The molecule has 1 unspecified atom stereocenters. The number of hydrogen-bond donors (Lipinski definition) is 1. The second kappa shape index (κ2) is 5.06. The smallest absolute Gasteiger partial charge is 0.0738 e. The average molecular weight is 295 g/mol. The number of hydrogen-bond acceptors (Lipinski definition) is 1. The minimum absolute atomic E-state index is 0.145. The van der Waals surface area contributed by atoms with E-state index in [4.69, 9.17) is 11.6 Å². The highest BCUT2D eigenvalue weighted by Gasteiger charge is 2.22. The van der Waals surface area contributed by atoms with Crippen LogP contribution in [-0.2, 0) is 6.54 Å². The maximum atomic E-state index is 6.16. The molecule has 0 radical (unpaired) electrons. The first-order valence-corrected chi connectivity index (χ1v) is 7.45. The number of halogens is 1. The molecular weight excluding hydrogens is 280 g/mol. The molecule has 1 atom stereocenters. The van der Waals surface area contributed by atoms with Crippen LogP contribution in [0.5, 0.6) is 0 Å². The minimum atomic E-state index is 0.145. The third-order valence-electron chi connectivity index (χ3n) is 4.01. The summed E-state index contributed by atoms with van der Waals surface area (Å²) in [4.78, 5) is 0. The summed E-state index contributed by atoms with van der Waals surface area (Å²) in [6.45, 7) is 0.842. The van der Waals surface area contributed by atoms with Gasteiger partial charge in [0, 0.05) is 29.1 Å². The van der Waals surface area contributed by atoms with E-state index in [0.29, 0.717) is 0 Å². The summed E-state index contributed by atoms with van der Waals surface area (Å²) in [6, 6.07) is 21.0. The second-order valence-electron chi connectivity index (χ2n) is 5.30. The Labute approximate surface area is 129 Å². The lowest BCUT2D eigenvalue weighted by atomic mass is 10.0. The van der Waals surface area contributed by atoms with Crippen LogP contribution in [0.15, 0.2) is 66.9 Å². The van der Waals surface area contributed by atoms with Gasteiger partial charge in [0.05, 0.1) is 6.04 Å². The molecule has 1 N–H and O–H groups in total. The summed E-state index contributed by atoms with van der Waals surface area (Å²) >= 11 is 6.16. The fraction of sp³-hybridized carbons (Fsp3) is 0.111. The van der Waals surface area contributed by atoms with Gasteiger partial charge in [0.1, 0.15) is 0 Å². The Bertz CT molecular complexity index is 791. The maximum absolute atomic E-state index is 6.16. The van der Waals surface area contributed by atoms with E-state index in [1.165, 1.54) is 22.5 Å². The molecule has 0 fully saturated rings. The lowest BCUT2D eigenvalue weighted by Gasteiger charge is -2.18. The van der Waals surface area contributed by atoms with Gasteiger partial charge in [-0.25, -0.2) is 0 Å². The van der Waals surface area contributed by atoms with Crippen molar-refractivity contribution in [3.8, 4) is 5.69 Å². The molecule has 2 nitrogen and oxygen atoms in total. The predicted octanol–water partition coefficient (Wildman–Crippen LogP) is 4.32. The van der Waals surface area contributed by atoms with Crippen LogP contribution >= 0.6 is 11.6 Å². The van der Waals surface area contributed by atoms with Crippen molar-refractivity contribution >= 4 is 11.6 Å². The van der Waals surface area contributed by atoms with Gasteiger partial charge in [0.2, 0.25) is 0 Å². The fourth-order valence-corrected chi connectivity index (χ4v) is 3.23. The highest BCUT2D eigenvalue weighted by molar-refractivity contribution is 6.30. The van der Waals surface area contributed by atoms with Crippen molar-refractivity contribution in [1.29, 1.82) is 0 Å². The fourth-order valence-electron chi connectivity index (χ4n) is 3.04. The molecule has 0 amide bonds. The van der Waals surface area contributed by atoms with E-state index in [9.17, 15) is 0 Å². The van der Waals surface area contributed by atoms with E-state index < -0.39 is 0 Å². The number of para-hydroxylation sites is 1. The molecule has 2 aromatic carbocycles. The van der Waals surface area contributed by atoms with E-state index in [2.05, 4.69) is 58.5 Å². The molecule has 0 aliphatic carbocycles. The minimum Gasteiger partial charge on any atom is -0.319 e. The van der Waals surface area contributed by atoms with Crippen LogP contribution in [0.25, 0.3) is 5.69 Å². The Morgan fingerprint density at radius 3 is 2.81 bits per heavy atom. The Kier molecular flexibility index (Phi) is 3.06. The van der Waals surface area contributed by atoms with Crippen molar-refractivity contribution in [2.45, 2.75) is 12.6 Å². The van der Waals surface area contributed by atoms with Crippen LogP contribution in [-0.4, -0.2) is 4.57 Å². The molecule has 1 aliphatic rings. The topological polar surface area (TPSA) is 17.0 Å². The largest absolute Gasteiger partial charge is 0.319 e. The zero-order valence-corrected chi connectivity index (χ0v) is 12.2. The van der Waals surface area contributed by atoms with Crippen molar-refractivity contribution in [2.75, 3.05) is 0 Å². The molecule has 1 aromatic heterocycles. The molecule has 0 bridgehead atoms. The summed E-state index contributed by atoms with van der Waals surface area (Å²) < 4.78 is 2.26. The van der Waals surface area contributed by atoms with Crippen molar-refractivity contribution in [3.63, 3.8) is 0 Å². The van der Waals surface area contributed by atoms with E-state index in [1.807, 2.05) is 18.2 Å². The zero-order valence-electron chi connectivity index (χ0n) is 11.5. The lowest BCUT2D eigenvalue weighted by molar-refractivity contribution is 0.601. The van der Waals surface area contributed by atoms with Gasteiger partial charge in [-0.05, 0) is 41.5 Å². The number of nitrogens with one attached hydrogen (secondary N) is 1. The highest BCUT2D eigenvalue weighted by atomic mass is 35.5. The van der Waals surface area contributed by atoms with Crippen LogP contribution in [0.2, 0.25) is 5.02 Å². The SMILES string of the molecule is Clc1cccc(C2NCc3ccccc3-n3cccc32)c1. The Hall–Kier alpha value is -2.03. The Balaban J connectivity index is 1.87. The second-order valence-corrected chi connectivity index (χ2v) is 5.74. The van der Waals surface area contributed by atoms with Crippen molar-refractivity contribution in [2.24, 2.45) is 0 Å². The number of aromatic nitrogens is 1. The van der Waals surface area contributed by atoms with Crippen LogP contribution in [0, 0.1) is 0 Å². The molecule has 0 saturated carbocycles. The summed E-state index contributed by atoms with van der Waals surface area (Å²) in [5.74, 6) is 0. The van der Waals surface area contributed by atoms with Gasteiger partial charge < -0.3 is 9.88 Å². The summed E-state index contributed by atoms with van der Waals surface area (Å²) in [5, 5.41) is 4.42. The first kappa shape index (κ1) is 12.7. The van der Waals surface area contributed by atoms with Gasteiger partial charge in [0.15, 0.2) is 0 Å².